The van der Waals surface area contributed by atoms with Crippen LogP contribution in [0.4, 0.5) is 0 Å². The van der Waals surface area contributed by atoms with E-state index in [0.717, 1.165) is 17.5 Å². The molecule has 2 aromatic rings. The quantitative estimate of drug-likeness (QED) is 0.587. The van der Waals surface area contributed by atoms with Gasteiger partial charge in [-0.15, -0.1) is 23.3 Å². The SMILES string of the molecule is C=CC(CCCl)n1nnc2ccccc21. The van der Waals surface area contributed by atoms with Gasteiger partial charge in [0.25, 0.3) is 0 Å². The van der Waals surface area contributed by atoms with Gasteiger partial charge in [-0.1, -0.05) is 23.4 Å². The second-order valence-corrected chi connectivity index (χ2v) is 3.68. The molecule has 3 nitrogen and oxygen atoms in total. The van der Waals surface area contributed by atoms with Gasteiger partial charge in [0.2, 0.25) is 0 Å². The number of fused-ring (bicyclic) bond motifs is 1. The number of halogens is 1. The molecule has 1 heterocycles. The van der Waals surface area contributed by atoms with Gasteiger partial charge < -0.3 is 0 Å². The Bertz CT molecular complexity index is 464. The first-order valence-electron chi connectivity index (χ1n) is 4.85. The number of hydrogen-bond donors (Lipinski definition) is 0. The van der Waals surface area contributed by atoms with Crippen molar-refractivity contribution in [2.45, 2.75) is 12.5 Å². The summed E-state index contributed by atoms with van der Waals surface area (Å²) in [5, 5.41) is 8.21. The molecule has 2 rings (SSSR count). The lowest BCUT2D eigenvalue weighted by Gasteiger charge is -2.11. The molecular weight excluding hydrogens is 210 g/mol. The Morgan fingerprint density at radius 3 is 3.00 bits per heavy atom. The van der Waals surface area contributed by atoms with Crippen molar-refractivity contribution in [1.82, 2.24) is 15.0 Å². The molecule has 15 heavy (non-hydrogen) atoms. The van der Waals surface area contributed by atoms with Gasteiger partial charge in [-0.25, -0.2) is 4.68 Å². The summed E-state index contributed by atoms with van der Waals surface area (Å²) in [5.41, 5.74) is 1.92. The predicted octanol–water partition coefficient (Wildman–Crippen LogP) is 2.79. The van der Waals surface area contributed by atoms with Crippen LogP contribution in [-0.4, -0.2) is 20.9 Å². The third-order valence-electron chi connectivity index (χ3n) is 2.37. The number of hydrogen-bond acceptors (Lipinski definition) is 2. The van der Waals surface area contributed by atoms with Crippen molar-refractivity contribution in [3.05, 3.63) is 36.9 Å². The minimum Gasteiger partial charge on any atom is -0.238 e. The van der Waals surface area contributed by atoms with E-state index in [1.807, 2.05) is 35.0 Å². The molecule has 0 saturated carbocycles. The van der Waals surface area contributed by atoms with Crippen LogP contribution in [0.15, 0.2) is 36.9 Å². The molecule has 0 aliphatic rings. The maximum Gasteiger partial charge on any atom is 0.113 e. The molecule has 1 aromatic carbocycles. The summed E-state index contributed by atoms with van der Waals surface area (Å²) in [7, 11) is 0. The first-order valence-corrected chi connectivity index (χ1v) is 5.38. The molecule has 1 aromatic heterocycles. The molecule has 0 N–H and O–H groups in total. The van der Waals surface area contributed by atoms with Crippen molar-refractivity contribution in [1.29, 1.82) is 0 Å². The lowest BCUT2D eigenvalue weighted by atomic mass is 10.2. The van der Waals surface area contributed by atoms with Gasteiger partial charge in [0.05, 0.1) is 11.6 Å². The second kappa shape index (κ2) is 4.45. The lowest BCUT2D eigenvalue weighted by Crippen LogP contribution is -2.08. The normalized spacial score (nSPS) is 12.9. The highest BCUT2D eigenvalue weighted by Crippen LogP contribution is 2.18. The third-order valence-corrected chi connectivity index (χ3v) is 2.59. The molecular formula is C11H12ClN3. The maximum atomic E-state index is 5.73. The summed E-state index contributed by atoms with van der Waals surface area (Å²) in [4.78, 5) is 0. The van der Waals surface area contributed by atoms with E-state index in [1.165, 1.54) is 0 Å². The lowest BCUT2D eigenvalue weighted by molar-refractivity contribution is 0.525. The van der Waals surface area contributed by atoms with Crippen molar-refractivity contribution in [2.24, 2.45) is 0 Å². The van der Waals surface area contributed by atoms with E-state index in [4.69, 9.17) is 11.6 Å². The first-order chi connectivity index (χ1) is 7.36. The van der Waals surface area contributed by atoms with Crippen LogP contribution >= 0.6 is 11.6 Å². The van der Waals surface area contributed by atoms with E-state index < -0.39 is 0 Å². The molecule has 0 spiro atoms. The molecule has 0 fully saturated rings. The van der Waals surface area contributed by atoms with E-state index in [0.29, 0.717) is 5.88 Å². The predicted molar refractivity (Wildman–Crippen MR) is 62.1 cm³/mol. The van der Waals surface area contributed by atoms with Crippen LogP contribution < -0.4 is 0 Å². The molecule has 1 atom stereocenters. The fourth-order valence-corrected chi connectivity index (χ4v) is 1.81. The fraction of sp³-hybridized carbons (Fsp3) is 0.273. The van der Waals surface area contributed by atoms with Gasteiger partial charge >= 0.3 is 0 Å². The average Bonchev–Trinajstić information content (AvgIpc) is 2.70. The van der Waals surface area contributed by atoms with Crippen LogP contribution in [0.3, 0.4) is 0 Å². The minimum atomic E-state index is 0.120. The largest absolute Gasteiger partial charge is 0.238 e. The molecule has 0 aliphatic carbocycles. The molecule has 0 saturated heterocycles. The fourth-order valence-electron chi connectivity index (χ4n) is 1.58. The first kappa shape index (κ1) is 10.2. The van der Waals surface area contributed by atoms with Gasteiger partial charge in [0.15, 0.2) is 0 Å². The zero-order valence-corrected chi connectivity index (χ0v) is 9.06. The van der Waals surface area contributed by atoms with Gasteiger partial charge in [-0.2, -0.15) is 0 Å². The standard InChI is InChI=1S/C11H12ClN3/c1-2-9(7-8-12)15-11-6-4-3-5-10(11)13-14-15/h2-6,9H,1,7-8H2. The summed E-state index contributed by atoms with van der Waals surface area (Å²) in [5.74, 6) is 0.588. The van der Waals surface area contributed by atoms with Crippen molar-refractivity contribution in [2.75, 3.05) is 5.88 Å². The summed E-state index contributed by atoms with van der Waals surface area (Å²) in [6.07, 6.45) is 2.67. The van der Waals surface area contributed by atoms with Crippen molar-refractivity contribution in [3.63, 3.8) is 0 Å². The van der Waals surface area contributed by atoms with Crippen molar-refractivity contribution < 1.29 is 0 Å². The van der Waals surface area contributed by atoms with Crippen LogP contribution in [0.1, 0.15) is 12.5 Å². The van der Waals surface area contributed by atoms with Gasteiger partial charge in [0.1, 0.15) is 5.52 Å². The number of para-hydroxylation sites is 1. The number of allylic oxidation sites excluding steroid dienone is 1. The van der Waals surface area contributed by atoms with E-state index in [-0.39, 0.29) is 6.04 Å². The Hall–Kier alpha value is -1.35. The highest BCUT2D eigenvalue weighted by Gasteiger charge is 2.11. The topological polar surface area (TPSA) is 30.7 Å². The molecule has 4 heteroatoms. The number of nitrogens with zero attached hydrogens (tertiary/aromatic N) is 3. The summed E-state index contributed by atoms with van der Waals surface area (Å²) >= 11 is 5.73. The van der Waals surface area contributed by atoms with Gasteiger partial charge in [-0.3, -0.25) is 0 Å². The minimum absolute atomic E-state index is 0.120. The Kier molecular flexibility index (Phi) is 3.02. The molecule has 0 aliphatic heterocycles. The van der Waals surface area contributed by atoms with Crippen LogP contribution in [0.25, 0.3) is 11.0 Å². The number of alkyl halides is 1. The number of rotatable bonds is 4. The van der Waals surface area contributed by atoms with E-state index in [1.54, 1.807) is 0 Å². The maximum absolute atomic E-state index is 5.73. The van der Waals surface area contributed by atoms with E-state index in [9.17, 15) is 0 Å². The summed E-state index contributed by atoms with van der Waals surface area (Å²) in [6.45, 7) is 3.80. The monoisotopic (exact) mass is 221 g/mol. The highest BCUT2D eigenvalue weighted by atomic mass is 35.5. The van der Waals surface area contributed by atoms with E-state index >= 15 is 0 Å². The Morgan fingerprint density at radius 1 is 1.47 bits per heavy atom. The molecule has 1 unspecified atom stereocenters. The van der Waals surface area contributed by atoms with Crippen LogP contribution in [0, 0.1) is 0 Å². The Labute approximate surface area is 93.3 Å². The van der Waals surface area contributed by atoms with Crippen LogP contribution in [0.2, 0.25) is 0 Å². The van der Waals surface area contributed by atoms with Crippen molar-refractivity contribution >= 4 is 22.6 Å². The van der Waals surface area contributed by atoms with Crippen molar-refractivity contribution in [3.8, 4) is 0 Å². The average molecular weight is 222 g/mol. The number of benzene rings is 1. The molecule has 0 radical (unpaired) electrons. The molecule has 78 valence electrons. The molecule has 0 bridgehead atoms. The summed E-state index contributed by atoms with van der Waals surface area (Å²) in [6, 6.07) is 7.99. The Morgan fingerprint density at radius 2 is 2.27 bits per heavy atom. The second-order valence-electron chi connectivity index (χ2n) is 3.30. The molecule has 0 amide bonds. The van der Waals surface area contributed by atoms with Crippen LogP contribution in [0.5, 0.6) is 0 Å². The van der Waals surface area contributed by atoms with Gasteiger partial charge in [0, 0.05) is 5.88 Å². The zero-order valence-electron chi connectivity index (χ0n) is 8.31. The highest BCUT2D eigenvalue weighted by molar-refractivity contribution is 6.17. The van der Waals surface area contributed by atoms with Gasteiger partial charge in [-0.05, 0) is 18.6 Å². The van der Waals surface area contributed by atoms with E-state index in [2.05, 4.69) is 16.9 Å². The smallest absolute Gasteiger partial charge is 0.113 e. The van der Waals surface area contributed by atoms with Crippen LogP contribution in [-0.2, 0) is 0 Å². The zero-order chi connectivity index (χ0) is 10.7. The number of aromatic nitrogens is 3. The summed E-state index contributed by atoms with van der Waals surface area (Å²) < 4.78 is 1.87. The Balaban J connectivity index is 2.46. The third kappa shape index (κ3) is 1.88.